The van der Waals surface area contributed by atoms with Gasteiger partial charge in [-0.25, -0.2) is 4.98 Å². The molecule has 0 saturated heterocycles. The Morgan fingerprint density at radius 2 is 0.855 bits per heavy atom. The summed E-state index contributed by atoms with van der Waals surface area (Å²) in [5.74, 6) is 0.261. The van der Waals surface area contributed by atoms with E-state index in [1.807, 2.05) is 118 Å². The third kappa shape index (κ3) is 6.39. The molecule has 0 saturated carbocycles. The molecule has 0 aliphatic rings. The smallest absolute Gasteiger partial charge is 0.307 e. The van der Waals surface area contributed by atoms with Gasteiger partial charge in [0, 0.05) is 27.1 Å². The van der Waals surface area contributed by atoms with Crippen LogP contribution in [-0.2, 0) is 12.4 Å². The fourth-order valence-corrected chi connectivity index (χ4v) is 8.36. The maximum Gasteiger partial charge on any atom is 0.416 e. The van der Waals surface area contributed by atoms with Crippen LogP contribution < -0.4 is 0 Å². The van der Waals surface area contributed by atoms with Crippen LogP contribution in [0.2, 0.25) is 0 Å². The van der Waals surface area contributed by atoms with Crippen molar-refractivity contribution in [1.29, 1.82) is 10.5 Å². The maximum absolute atomic E-state index is 14.5. The van der Waals surface area contributed by atoms with Crippen LogP contribution in [0.5, 0.6) is 0 Å². The van der Waals surface area contributed by atoms with Gasteiger partial charge in [-0.1, -0.05) is 84.9 Å². The van der Waals surface area contributed by atoms with E-state index >= 15 is 0 Å². The van der Waals surface area contributed by atoms with Crippen LogP contribution in [0.1, 0.15) is 22.3 Å². The SMILES string of the molecule is N#Cc1ccc(-c2ccc3c4ccccc4n(-c4cc(-c5cc(C(F)(F)F)cc(C(F)(F)F)c5)c(-n5c6ccccc6c6ccc(-c7ccc(C#N)cc7)cc65)cn4)c3c2)cc1. The number of fused-ring (bicyclic) bond motifs is 6. The van der Waals surface area contributed by atoms with Crippen LogP contribution in [0.3, 0.4) is 0 Å². The van der Waals surface area contributed by atoms with Gasteiger partial charge < -0.3 is 4.57 Å². The Balaban J connectivity index is 1.29. The predicted molar refractivity (Wildman–Crippen MR) is 229 cm³/mol. The summed E-state index contributed by atoms with van der Waals surface area (Å²) in [4.78, 5) is 4.98. The normalized spacial score (nSPS) is 12.0. The first-order chi connectivity index (χ1) is 29.9. The molecule has 0 atom stereocenters. The molecule has 0 spiro atoms. The van der Waals surface area contributed by atoms with Gasteiger partial charge in [0.15, 0.2) is 0 Å². The average Bonchev–Trinajstić information content (AvgIpc) is 3.80. The molecule has 0 bridgehead atoms. The number of alkyl halides is 6. The zero-order chi connectivity index (χ0) is 42.9. The number of nitriles is 2. The van der Waals surface area contributed by atoms with Gasteiger partial charge >= 0.3 is 12.4 Å². The van der Waals surface area contributed by atoms with Gasteiger partial charge in [-0.3, -0.25) is 4.57 Å². The summed E-state index contributed by atoms with van der Waals surface area (Å²) in [5, 5.41) is 22.1. The van der Waals surface area contributed by atoms with Gasteiger partial charge in [-0.05, 0) is 101 Å². The monoisotopic (exact) mass is 823 g/mol. The zero-order valence-corrected chi connectivity index (χ0v) is 32.1. The molecule has 0 aliphatic carbocycles. The average molecular weight is 824 g/mol. The molecule has 0 radical (unpaired) electrons. The fourth-order valence-electron chi connectivity index (χ4n) is 8.36. The zero-order valence-electron chi connectivity index (χ0n) is 32.1. The van der Waals surface area contributed by atoms with Crippen molar-refractivity contribution in [2.24, 2.45) is 0 Å². The number of nitrogens with zero attached hydrogens (tertiary/aromatic N) is 5. The molecule has 10 aromatic rings. The molecule has 7 aromatic carbocycles. The number of hydrogen-bond donors (Lipinski definition) is 0. The van der Waals surface area contributed by atoms with Crippen LogP contribution in [0.15, 0.2) is 164 Å². The van der Waals surface area contributed by atoms with E-state index in [9.17, 15) is 36.9 Å². The maximum atomic E-state index is 14.5. The summed E-state index contributed by atoms with van der Waals surface area (Å²) in [5.41, 5.74) is 4.05. The first-order valence-electron chi connectivity index (χ1n) is 19.3. The Morgan fingerprint density at radius 1 is 0.419 bits per heavy atom. The number of aromatic nitrogens is 3. The van der Waals surface area contributed by atoms with E-state index in [0.717, 1.165) is 61.4 Å². The number of benzene rings is 7. The standard InChI is InChI=1S/C51H27F6N5/c52-50(53,54)37-21-36(22-38(25-37)51(55,56)57)43-26-49(62-45-8-4-2-6-40(45)42-20-18-35(24-47(42)62)33-15-11-31(28-59)12-16-33)60-29-48(43)61-44-7-3-1-5-39(44)41-19-17-34(23-46(41)61)32-13-9-30(27-58)10-14-32/h1-26,29H. The van der Waals surface area contributed by atoms with E-state index < -0.39 is 23.5 Å². The van der Waals surface area contributed by atoms with Crippen molar-refractivity contribution in [3.05, 3.63) is 186 Å². The molecular weight excluding hydrogens is 797 g/mol. The Labute approximate surface area is 349 Å². The van der Waals surface area contributed by atoms with Crippen LogP contribution in [0.25, 0.3) is 88.5 Å². The molecule has 5 nitrogen and oxygen atoms in total. The molecule has 0 aliphatic heterocycles. The molecule has 0 N–H and O–H groups in total. The quantitative estimate of drug-likeness (QED) is 0.162. The summed E-state index contributed by atoms with van der Waals surface area (Å²) in [6.07, 6.45) is -8.68. The van der Waals surface area contributed by atoms with Crippen LogP contribution in [-0.4, -0.2) is 14.1 Å². The van der Waals surface area contributed by atoms with Gasteiger partial charge in [0.25, 0.3) is 0 Å². The lowest BCUT2D eigenvalue weighted by Crippen LogP contribution is -2.11. The summed E-state index contributed by atoms with van der Waals surface area (Å²) in [7, 11) is 0. The molecule has 11 heteroatoms. The third-order valence-electron chi connectivity index (χ3n) is 11.3. The fraction of sp³-hybridized carbons (Fsp3) is 0.0392. The van der Waals surface area contributed by atoms with Crippen molar-refractivity contribution in [2.75, 3.05) is 0 Å². The summed E-state index contributed by atoms with van der Waals surface area (Å²) < 4.78 is 91.0. The van der Waals surface area contributed by atoms with Gasteiger partial charge in [-0.2, -0.15) is 36.9 Å². The molecule has 0 unspecified atom stereocenters. The van der Waals surface area contributed by atoms with E-state index in [2.05, 4.69) is 12.1 Å². The lowest BCUT2D eigenvalue weighted by Gasteiger charge is -2.19. The van der Waals surface area contributed by atoms with Crippen molar-refractivity contribution < 1.29 is 26.3 Å². The van der Waals surface area contributed by atoms with E-state index in [4.69, 9.17) is 4.98 Å². The van der Waals surface area contributed by atoms with Crippen molar-refractivity contribution in [2.45, 2.75) is 12.4 Å². The minimum Gasteiger partial charge on any atom is -0.307 e. The first kappa shape index (κ1) is 38.1. The third-order valence-corrected chi connectivity index (χ3v) is 11.3. The molecule has 3 heterocycles. The highest BCUT2D eigenvalue weighted by molar-refractivity contribution is 6.12. The van der Waals surface area contributed by atoms with E-state index in [1.165, 1.54) is 6.20 Å². The van der Waals surface area contributed by atoms with Gasteiger partial charge in [0.2, 0.25) is 0 Å². The highest BCUT2D eigenvalue weighted by atomic mass is 19.4. The molecule has 3 aromatic heterocycles. The van der Waals surface area contributed by atoms with Gasteiger partial charge in [0.05, 0.1) is 68.3 Å². The minimum absolute atomic E-state index is 0.0761. The van der Waals surface area contributed by atoms with Crippen molar-refractivity contribution in [1.82, 2.24) is 14.1 Å². The second-order valence-electron chi connectivity index (χ2n) is 14.9. The van der Waals surface area contributed by atoms with Crippen molar-refractivity contribution in [3.8, 4) is 57.0 Å². The number of halogens is 6. The van der Waals surface area contributed by atoms with E-state index in [-0.39, 0.29) is 28.7 Å². The summed E-state index contributed by atoms with van der Waals surface area (Å²) >= 11 is 0. The molecule has 0 fully saturated rings. The topological polar surface area (TPSA) is 70.3 Å². The Bertz CT molecular complexity index is 3480. The highest BCUT2D eigenvalue weighted by Gasteiger charge is 2.37. The number of para-hydroxylation sites is 2. The summed E-state index contributed by atoms with van der Waals surface area (Å²) in [6.45, 7) is 0. The molecule has 0 amide bonds. The predicted octanol–water partition coefficient (Wildman–Crippen LogP) is 14.1. The second-order valence-corrected chi connectivity index (χ2v) is 14.9. The summed E-state index contributed by atoms with van der Waals surface area (Å²) in [6, 6.07) is 48.2. The Morgan fingerprint density at radius 3 is 1.34 bits per heavy atom. The highest BCUT2D eigenvalue weighted by Crippen LogP contribution is 2.44. The largest absolute Gasteiger partial charge is 0.416 e. The van der Waals surface area contributed by atoms with E-state index in [0.29, 0.717) is 27.7 Å². The number of pyridine rings is 1. The lowest BCUT2D eigenvalue weighted by atomic mass is 9.98. The Hall–Kier alpha value is -8.15. The molecule has 298 valence electrons. The molecule has 62 heavy (non-hydrogen) atoms. The van der Waals surface area contributed by atoms with Crippen LogP contribution >= 0.6 is 0 Å². The molecule has 10 rings (SSSR count). The van der Waals surface area contributed by atoms with Crippen LogP contribution in [0, 0.1) is 22.7 Å². The van der Waals surface area contributed by atoms with Crippen molar-refractivity contribution >= 4 is 43.6 Å². The lowest BCUT2D eigenvalue weighted by molar-refractivity contribution is -0.143. The van der Waals surface area contributed by atoms with Gasteiger partial charge in [-0.15, -0.1) is 0 Å². The van der Waals surface area contributed by atoms with Gasteiger partial charge in [0.1, 0.15) is 5.82 Å². The molecular formula is C51H27F6N5. The second kappa shape index (κ2) is 14.3. The minimum atomic E-state index is -5.09. The first-order valence-corrected chi connectivity index (χ1v) is 19.3. The van der Waals surface area contributed by atoms with E-state index in [1.54, 1.807) is 30.3 Å². The van der Waals surface area contributed by atoms with Crippen LogP contribution in [0.4, 0.5) is 26.3 Å². The number of rotatable bonds is 5. The van der Waals surface area contributed by atoms with Crippen molar-refractivity contribution in [3.63, 3.8) is 0 Å². The number of hydrogen-bond acceptors (Lipinski definition) is 3. The Kier molecular flexibility index (Phi) is 8.75.